The molecule has 2 aromatic rings. The average molecular weight is 333 g/mol. The Morgan fingerprint density at radius 1 is 1.13 bits per heavy atom. The first kappa shape index (κ1) is 16.2. The number of hydrogen-bond donors (Lipinski definition) is 1. The van der Waals surface area contributed by atoms with E-state index in [-0.39, 0.29) is 12.5 Å². The molecule has 1 amide bonds. The van der Waals surface area contributed by atoms with E-state index in [9.17, 15) is 4.79 Å². The van der Waals surface area contributed by atoms with Crippen LogP contribution in [-0.4, -0.2) is 64.7 Å². The summed E-state index contributed by atoms with van der Waals surface area (Å²) in [4.78, 5) is 17.0. The summed E-state index contributed by atoms with van der Waals surface area (Å²) in [6.07, 6.45) is 0. The molecule has 1 saturated heterocycles. The smallest absolute Gasteiger partial charge is 0.256 e. The Morgan fingerprint density at radius 3 is 2.39 bits per heavy atom. The molecule has 6 heteroatoms. The van der Waals surface area contributed by atoms with Crippen molar-refractivity contribution in [2.45, 2.75) is 13.8 Å². The third-order valence-electron chi connectivity index (χ3n) is 4.43. The molecule has 124 valence electrons. The highest BCUT2D eigenvalue weighted by atomic mass is 32.1. The first-order valence-corrected chi connectivity index (χ1v) is 8.85. The van der Waals surface area contributed by atoms with E-state index in [1.165, 1.54) is 0 Å². The van der Waals surface area contributed by atoms with Gasteiger partial charge in [0.2, 0.25) is 0 Å². The number of β-amino-alcohol motifs (C(OH)–C–C–N with tert-alkyl or cyclic N) is 1. The van der Waals surface area contributed by atoms with Crippen molar-refractivity contribution < 1.29 is 9.90 Å². The van der Waals surface area contributed by atoms with Gasteiger partial charge in [-0.3, -0.25) is 9.69 Å². The number of rotatable bonds is 4. The molecule has 0 saturated carbocycles. The van der Waals surface area contributed by atoms with E-state index in [0.29, 0.717) is 6.54 Å². The van der Waals surface area contributed by atoms with E-state index in [0.717, 1.165) is 48.1 Å². The highest BCUT2D eigenvalue weighted by molar-refractivity contribution is 7.13. The molecule has 23 heavy (non-hydrogen) atoms. The second-order valence-electron chi connectivity index (χ2n) is 5.95. The molecule has 2 aromatic heterocycles. The summed E-state index contributed by atoms with van der Waals surface area (Å²) in [6, 6.07) is 6.09. The number of aliphatic hydroxyl groups is 1. The Kier molecular flexibility index (Phi) is 4.84. The lowest BCUT2D eigenvalue weighted by atomic mass is 10.2. The topological polar surface area (TPSA) is 48.7 Å². The fourth-order valence-electron chi connectivity index (χ4n) is 3.11. The van der Waals surface area contributed by atoms with Crippen molar-refractivity contribution in [3.8, 4) is 5.00 Å². The summed E-state index contributed by atoms with van der Waals surface area (Å²) in [5.74, 6) is 0.109. The molecule has 0 unspecified atom stereocenters. The molecule has 5 nitrogen and oxygen atoms in total. The zero-order valence-corrected chi connectivity index (χ0v) is 14.5. The second kappa shape index (κ2) is 6.86. The fourth-order valence-corrected chi connectivity index (χ4v) is 4.12. The minimum absolute atomic E-state index is 0.109. The van der Waals surface area contributed by atoms with Crippen LogP contribution in [0.5, 0.6) is 0 Å². The highest BCUT2D eigenvalue weighted by Crippen LogP contribution is 2.27. The van der Waals surface area contributed by atoms with Crippen molar-refractivity contribution >= 4 is 17.2 Å². The van der Waals surface area contributed by atoms with Gasteiger partial charge in [0, 0.05) is 44.1 Å². The fraction of sp³-hybridized carbons (Fsp3) is 0.471. The maximum atomic E-state index is 12.9. The van der Waals surface area contributed by atoms with Crippen LogP contribution in [0.3, 0.4) is 0 Å². The minimum atomic E-state index is 0.109. The molecular weight excluding hydrogens is 310 g/mol. The number of piperazine rings is 1. The van der Waals surface area contributed by atoms with E-state index >= 15 is 0 Å². The number of thiophene rings is 1. The van der Waals surface area contributed by atoms with Gasteiger partial charge >= 0.3 is 0 Å². The second-order valence-corrected chi connectivity index (χ2v) is 6.84. The average Bonchev–Trinajstić information content (AvgIpc) is 3.14. The lowest BCUT2D eigenvalue weighted by molar-refractivity contribution is 0.0615. The lowest BCUT2D eigenvalue weighted by Crippen LogP contribution is -2.49. The van der Waals surface area contributed by atoms with Crippen molar-refractivity contribution in [2.24, 2.45) is 0 Å². The van der Waals surface area contributed by atoms with Crippen molar-refractivity contribution in [3.63, 3.8) is 0 Å². The zero-order valence-electron chi connectivity index (χ0n) is 13.7. The van der Waals surface area contributed by atoms with Crippen molar-refractivity contribution in [3.05, 3.63) is 40.5 Å². The van der Waals surface area contributed by atoms with Gasteiger partial charge in [0.15, 0.2) is 0 Å². The number of carbonyl (C=O) groups excluding carboxylic acids is 1. The van der Waals surface area contributed by atoms with E-state index in [1.54, 1.807) is 11.3 Å². The van der Waals surface area contributed by atoms with E-state index in [2.05, 4.69) is 35.4 Å². The summed E-state index contributed by atoms with van der Waals surface area (Å²) in [5, 5.41) is 12.0. The molecule has 3 heterocycles. The lowest BCUT2D eigenvalue weighted by Gasteiger charge is -2.34. The molecule has 0 aliphatic carbocycles. The Labute approximate surface area is 140 Å². The van der Waals surface area contributed by atoms with Gasteiger partial charge in [0.25, 0.3) is 5.91 Å². The van der Waals surface area contributed by atoms with E-state index < -0.39 is 0 Å². The van der Waals surface area contributed by atoms with Gasteiger partial charge in [-0.15, -0.1) is 11.3 Å². The summed E-state index contributed by atoms with van der Waals surface area (Å²) >= 11 is 1.61. The Hall–Kier alpha value is -1.63. The highest BCUT2D eigenvalue weighted by Gasteiger charge is 2.25. The molecule has 0 radical (unpaired) electrons. The minimum Gasteiger partial charge on any atom is -0.395 e. The zero-order chi connectivity index (χ0) is 16.4. The van der Waals surface area contributed by atoms with Gasteiger partial charge in [-0.2, -0.15) is 0 Å². The normalized spacial score (nSPS) is 16.0. The van der Waals surface area contributed by atoms with Crippen molar-refractivity contribution in [2.75, 3.05) is 39.3 Å². The molecule has 3 rings (SSSR count). The van der Waals surface area contributed by atoms with Gasteiger partial charge in [0.1, 0.15) is 5.00 Å². The molecule has 1 N–H and O–H groups in total. The van der Waals surface area contributed by atoms with Crippen molar-refractivity contribution in [1.29, 1.82) is 0 Å². The van der Waals surface area contributed by atoms with Gasteiger partial charge in [-0.1, -0.05) is 0 Å². The maximum absolute atomic E-state index is 12.9. The summed E-state index contributed by atoms with van der Waals surface area (Å²) < 4.78 is 2.15. The monoisotopic (exact) mass is 333 g/mol. The van der Waals surface area contributed by atoms with Crippen molar-refractivity contribution in [1.82, 2.24) is 14.4 Å². The molecule has 1 fully saturated rings. The Balaban J connectivity index is 1.79. The van der Waals surface area contributed by atoms with Crippen LogP contribution in [0.2, 0.25) is 0 Å². The van der Waals surface area contributed by atoms with E-state index in [4.69, 9.17) is 5.11 Å². The van der Waals surface area contributed by atoms with Gasteiger partial charge in [0.05, 0.1) is 12.2 Å². The Bertz CT molecular complexity index is 664. The molecule has 0 aromatic carbocycles. The van der Waals surface area contributed by atoms with Crippen LogP contribution in [0.1, 0.15) is 21.7 Å². The Morgan fingerprint density at radius 2 is 1.78 bits per heavy atom. The molecule has 1 aliphatic rings. The number of carbonyl (C=O) groups is 1. The molecule has 1 aliphatic heterocycles. The van der Waals surface area contributed by atoms with Crippen LogP contribution in [0.15, 0.2) is 23.6 Å². The molecule has 0 bridgehead atoms. The van der Waals surface area contributed by atoms with Gasteiger partial charge in [-0.25, -0.2) is 0 Å². The van der Waals surface area contributed by atoms with Crippen LogP contribution in [0, 0.1) is 13.8 Å². The molecule has 0 spiro atoms. The third kappa shape index (κ3) is 3.20. The number of aryl methyl sites for hydroxylation is 2. The standard InChI is InChI=1S/C17H23N3O2S/c1-13-3-4-14(2)20(13)17-15(5-12-23-17)16(22)19-8-6-18(7-9-19)10-11-21/h3-5,12,21H,6-11H2,1-2H3. The van der Waals surface area contributed by atoms with Crippen LogP contribution in [0.4, 0.5) is 0 Å². The predicted molar refractivity (Wildman–Crippen MR) is 92.5 cm³/mol. The molecular formula is C17H23N3O2S. The van der Waals surface area contributed by atoms with Crippen LogP contribution in [0.25, 0.3) is 5.00 Å². The van der Waals surface area contributed by atoms with Crippen LogP contribution < -0.4 is 0 Å². The third-order valence-corrected chi connectivity index (χ3v) is 5.32. The number of hydrogen-bond acceptors (Lipinski definition) is 4. The number of aromatic nitrogens is 1. The number of amides is 1. The van der Waals surface area contributed by atoms with E-state index in [1.807, 2.05) is 16.3 Å². The number of nitrogens with zero attached hydrogens (tertiary/aromatic N) is 3. The number of aliphatic hydroxyl groups excluding tert-OH is 1. The SMILES string of the molecule is Cc1ccc(C)n1-c1sccc1C(=O)N1CCN(CCO)CC1. The quantitative estimate of drug-likeness (QED) is 0.930. The largest absolute Gasteiger partial charge is 0.395 e. The van der Waals surface area contributed by atoms with Crippen LogP contribution in [-0.2, 0) is 0 Å². The first-order chi connectivity index (χ1) is 11.1. The molecule has 0 atom stereocenters. The maximum Gasteiger partial charge on any atom is 0.256 e. The van der Waals surface area contributed by atoms with Crippen LogP contribution >= 0.6 is 11.3 Å². The first-order valence-electron chi connectivity index (χ1n) is 7.97. The summed E-state index contributed by atoms with van der Waals surface area (Å²) in [5.41, 5.74) is 3.08. The predicted octanol–water partition coefficient (Wildman–Crippen LogP) is 1.91. The summed E-state index contributed by atoms with van der Waals surface area (Å²) in [6.45, 7) is 8.09. The van der Waals surface area contributed by atoms with Gasteiger partial charge < -0.3 is 14.6 Å². The summed E-state index contributed by atoms with van der Waals surface area (Å²) in [7, 11) is 0. The van der Waals surface area contributed by atoms with Gasteiger partial charge in [-0.05, 0) is 37.4 Å².